The lowest BCUT2D eigenvalue weighted by Crippen LogP contribution is -2.15. The van der Waals surface area contributed by atoms with Gasteiger partial charge in [0, 0.05) is 10.8 Å². The van der Waals surface area contributed by atoms with Crippen molar-refractivity contribution in [2.75, 3.05) is 0 Å². The fraction of sp³-hybridized carbons (Fsp3) is 0.444. The van der Waals surface area contributed by atoms with E-state index in [9.17, 15) is 4.79 Å². The van der Waals surface area contributed by atoms with E-state index in [1.165, 1.54) is 11.3 Å². The minimum atomic E-state index is -0.767. The largest absolute Gasteiger partial charge is 0.481 e. The molecule has 0 fully saturated rings. The Labute approximate surface area is 86.2 Å². The molecule has 0 aliphatic heterocycles. The Balaban J connectivity index is 2.78. The molecule has 2 nitrogen and oxygen atoms in total. The summed E-state index contributed by atoms with van der Waals surface area (Å²) in [5.41, 5.74) is 0. The van der Waals surface area contributed by atoms with Gasteiger partial charge in [0.05, 0.1) is 10.3 Å². The maximum atomic E-state index is 10.7. The van der Waals surface area contributed by atoms with Crippen LogP contribution in [-0.4, -0.2) is 11.1 Å². The van der Waals surface area contributed by atoms with Crippen molar-refractivity contribution in [1.29, 1.82) is 0 Å². The standard InChI is InChI=1S/C9H11ClO2S/c1-5(6(2)9(11)12)7-3-4-8(10)13-7/h3-6H,1-2H3,(H,11,12). The lowest BCUT2D eigenvalue weighted by molar-refractivity contribution is -0.141. The zero-order valence-electron chi connectivity index (χ0n) is 7.45. The molecule has 13 heavy (non-hydrogen) atoms. The van der Waals surface area contributed by atoms with Gasteiger partial charge in [-0.3, -0.25) is 4.79 Å². The number of hydrogen-bond donors (Lipinski definition) is 1. The van der Waals surface area contributed by atoms with E-state index in [4.69, 9.17) is 16.7 Å². The Kier molecular flexibility index (Phi) is 3.33. The predicted octanol–water partition coefficient (Wildman–Crippen LogP) is 3.23. The highest BCUT2D eigenvalue weighted by Crippen LogP contribution is 2.32. The minimum Gasteiger partial charge on any atom is -0.481 e. The van der Waals surface area contributed by atoms with Crippen molar-refractivity contribution in [2.45, 2.75) is 19.8 Å². The van der Waals surface area contributed by atoms with Crippen LogP contribution in [-0.2, 0) is 4.79 Å². The van der Waals surface area contributed by atoms with Gasteiger partial charge in [0.25, 0.3) is 0 Å². The quantitative estimate of drug-likeness (QED) is 0.846. The zero-order chi connectivity index (χ0) is 10.0. The molecule has 0 saturated heterocycles. The van der Waals surface area contributed by atoms with E-state index >= 15 is 0 Å². The van der Waals surface area contributed by atoms with Crippen LogP contribution in [0.15, 0.2) is 12.1 Å². The molecule has 0 amide bonds. The van der Waals surface area contributed by atoms with Gasteiger partial charge in [-0.15, -0.1) is 11.3 Å². The summed E-state index contributed by atoms with van der Waals surface area (Å²) >= 11 is 7.20. The average molecular weight is 219 g/mol. The molecular weight excluding hydrogens is 208 g/mol. The van der Waals surface area contributed by atoms with Gasteiger partial charge in [-0.1, -0.05) is 25.4 Å². The molecule has 0 saturated carbocycles. The molecule has 0 spiro atoms. The van der Waals surface area contributed by atoms with Crippen molar-refractivity contribution in [1.82, 2.24) is 0 Å². The van der Waals surface area contributed by atoms with Crippen LogP contribution in [0.2, 0.25) is 4.34 Å². The summed E-state index contributed by atoms with van der Waals surface area (Å²) in [4.78, 5) is 11.7. The monoisotopic (exact) mass is 218 g/mol. The Bertz CT molecular complexity index is 308. The normalized spacial score (nSPS) is 15.3. The molecule has 0 aromatic carbocycles. The second kappa shape index (κ2) is 4.11. The Morgan fingerprint density at radius 2 is 2.15 bits per heavy atom. The van der Waals surface area contributed by atoms with Crippen LogP contribution in [0.4, 0.5) is 0 Å². The summed E-state index contributed by atoms with van der Waals surface area (Å²) in [6, 6.07) is 3.68. The first-order valence-corrected chi connectivity index (χ1v) is 5.20. The van der Waals surface area contributed by atoms with Gasteiger partial charge in [-0.2, -0.15) is 0 Å². The van der Waals surface area contributed by atoms with Crippen LogP contribution in [0.1, 0.15) is 24.6 Å². The summed E-state index contributed by atoms with van der Waals surface area (Å²) in [5.74, 6) is -1.11. The van der Waals surface area contributed by atoms with Crippen molar-refractivity contribution in [3.8, 4) is 0 Å². The number of rotatable bonds is 3. The Morgan fingerprint density at radius 1 is 1.54 bits per heavy atom. The van der Waals surface area contributed by atoms with Crippen LogP contribution >= 0.6 is 22.9 Å². The van der Waals surface area contributed by atoms with Gasteiger partial charge in [0.1, 0.15) is 0 Å². The highest BCUT2D eigenvalue weighted by molar-refractivity contribution is 7.16. The van der Waals surface area contributed by atoms with Crippen molar-refractivity contribution in [3.63, 3.8) is 0 Å². The molecule has 4 heteroatoms. The van der Waals surface area contributed by atoms with E-state index in [1.807, 2.05) is 13.0 Å². The molecule has 72 valence electrons. The van der Waals surface area contributed by atoms with Crippen LogP contribution in [0.25, 0.3) is 0 Å². The van der Waals surface area contributed by atoms with Crippen molar-refractivity contribution in [2.24, 2.45) is 5.92 Å². The smallest absolute Gasteiger partial charge is 0.306 e. The number of carboxylic acid groups (broad SMARTS) is 1. The van der Waals surface area contributed by atoms with Gasteiger partial charge in [0.15, 0.2) is 0 Å². The molecule has 0 bridgehead atoms. The van der Waals surface area contributed by atoms with E-state index in [2.05, 4.69) is 0 Å². The molecule has 0 radical (unpaired) electrons. The zero-order valence-corrected chi connectivity index (χ0v) is 9.02. The second-order valence-corrected chi connectivity index (χ2v) is 4.80. The topological polar surface area (TPSA) is 37.3 Å². The van der Waals surface area contributed by atoms with Crippen molar-refractivity contribution in [3.05, 3.63) is 21.3 Å². The van der Waals surface area contributed by atoms with Crippen LogP contribution in [0, 0.1) is 5.92 Å². The summed E-state index contributed by atoms with van der Waals surface area (Å²) in [5, 5.41) is 8.79. The predicted molar refractivity (Wildman–Crippen MR) is 54.5 cm³/mol. The molecule has 1 aromatic heterocycles. The molecule has 1 N–H and O–H groups in total. The molecule has 0 aliphatic rings. The summed E-state index contributed by atoms with van der Waals surface area (Å²) in [6.45, 7) is 3.61. The summed E-state index contributed by atoms with van der Waals surface area (Å²) < 4.78 is 0.708. The van der Waals surface area contributed by atoms with Crippen LogP contribution in [0.3, 0.4) is 0 Å². The molecule has 1 rings (SSSR count). The molecule has 1 aromatic rings. The van der Waals surface area contributed by atoms with Crippen molar-refractivity contribution < 1.29 is 9.90 Å². The van der Waals surface area contributed by atoms with E-state index in [0.29, 0.717) is 4.34 Å². The molecule has 0 aliphatic carbocycles. The highest BCUT2D eigenvalue weighted by atomic mass is 35.5. The number of halogens is 1. The van der Waals surface area contributed by atoms with Gasteiger partial charge < -0.3 is 5.11 Å². The van der Waals surface area contributed by atoms with Gasteiger partial charge in [0.2, 0.25) is 0 Å². The Morgan fingerprint density at radius 3 is 2.54 bits per heavy atom. The van der Waals surface area contributed by atoms with Crippen LogP contribution in [0.5, 0.6) is 0 Å². The number of carbonyl (C=O) groups is 1. The van der Waals surface area contributed by atoms with E-state index < -0.39 is 5.97 Å². The molecule has 2 unspecified atom stereocenters. The number of carboxylic acids is 1. The van der Waals surface area contributed by atoms with Crippen molar-refractivity contribution >= 4 is 28.9 Å². The van der Waals surface area contributed by atoms with Gasteiger partial charge in [-0.25, -0.2) is 0 Å². The highest BCUT2D eigenvalue weighted by Gasteiger charge is 2.21. The summed E-state index contributed by atoms with van der Waals surface area (Å²) in [7, 11) is 0. The molecular formula is C9H11ClO2S. The second-order valence-electron chi connectivity index (χ2n) is 3.06. The maximum Gasteiger partial charge on any atom is 0.306 e. The fourth-order valence-corrected chi connectivity index (χ4v) is 2.25. The lowest BCUT2D eigenvalue weighted by Gasteiger charge is -2.13. The third-order valence-electron chi connectivity index (χ3n) is 2.18. The Hall–Kier alpha value is -0.540. The van der Waals surface area contributed by atoms with E-state index in [1.54, 1.807) is 13.0 Å². The summed E-state index contributed by atoms with van der Waals surface area (Å²) in [6.07, 6.45) is 0. The number of thiophene rings is 1. The maximum absolute atomic E-state index is 10.7. The SMILES string of the molecule is CC(C(=O)O)C(C)c1ccc(Cl)s1. The average Bonchev–Trinajstić information content (AvgIpc) is 2.49. The van der Waals surface area contributed by atoms with Gasteiger partial charge >= 0.3 is 5.97 Å². The number of aliphatic carboxylic acids is 1. The lowest BCUT2D eigenvalue weighted by atomic mass is 9.95. The number of hydrogen-bond acceptors (Lipinski definition) is 2. The van der Waals surface area contributed by atoms with E-state index in [0.717, 1.165) is 4.88 Å². The first kappa shape index (κ1) is 10.5. The van der Waals surface area contributed by atoms with Gasteiger partial charge in [-0.05, 0) is 12.1 Å². The first-order valence-electron chi connectivity index (χ1n) is 4.00. The minimum absolute atomic E-state index is 0.0231. The molecule has 1 heterocycles. The van der Waals surface area contributed by atoms with E-state index in [-0.39, 0.29) is 11.8 Å². The third-order valence-corrected chi connectivity index (χ3v) is 3.61. The molecule has 2 atom stereocenters. The fourth-order valence-electron chi connectivity index (χ4n) is 1.03. The van der Waals surface area contributed by atoms with Crippen LogP contribution < -0.4 is 0 Å². The first-order chi connectivity index (χ1) is 6.02. The third kappa shape index (κ3) is 2.45.